The first-order valence-corrected chi connectivity index (χ1v) is 5.41. The number of benzene rings is 1. The topological polar surface area (TPSA) is 50.7 Å². The second-order valence-corrected chi connectivity index (χ2v) is 3.90. The van der Waals surface area contributed by atoms with Gasteiger partial charge in [-0.05, 0) is 11.6 Å². The second-order valence-electron chi connectivity index (χ2n) is 3.90. The zero-order chi connectivity index (χ0) is 11.7. The van der Waals surface area contributed by atoms with Crippen molar-refractivity contribution in [1.82, 2.24) is 14.5 Å². The number of hydrogen-bond acceptors (Lipinski definition) is 2. The van der Waals surface area contributed by atoms with Crippen molar-refractivity contribution in [3.8, 4) is 0 Å². The Balaban J connectivity index is 2.08. The van der Waals surface area contributed by atoms with Crippen LogP contribution in [0.3, 0.4) is 0 Å². The van der Waals surface area contributed by atoms with Gasteiger partial charge in [0.25, 0.3) is 5.56 Å². The van der Waals surface area contributed by atoms with Gasteiger partial charge in [0.15, 0.2) is 0 Å². The van der Waals surface area contributed by atoms with Gasteiger partial charge in [-0.25, -0.2) is 4.98 Å². The van der Waals surface area contributed by atoms with Gasteiger partial charge in [0.2, 0.25) is 0 Å². The highest BCUT2D eigenvalue weighted by atomic mass is 16.1. The summed E-state index contributed by atoms with van der Waals surface area (Å²) in [7, 11) is 0. The van der Waals surface area contributed by atoms with Crippen LogP contribution in [0.25, 0.3) is 11.0 Å². The first kappa shape index (κ1) is 9.84. The van der Waals surface area contributed by atoms with Gasteiger partial charge in [-0.3, -0.25) is 4.79 Å². The summed E-state index contributed by atoms with van der Waals surface area (Å²) in [5.41, 5.74) is 1.81. The molecule has 0 aliphatic heterocycles. The third-order valence-electron chi connectivity index (χ3n) is 2.76. The summed E-state index contributed by atoms with van der Waals surface area (Å²) in [5.74, 6) is 0. The second kappa shape index (κ2) is 3.90. The van der Waals surface area contributed by atoms with Crippen molar-refractivity contribution in [2.75, 3.05) is 0 Å². The first-order chi connectivity index (χ1) is 8.34. The van der Waals surface area contributed by atoms with Crippen molar-refractivity contribution in [3.63, 3.8) is 0 Å². The average molecular weight is 225 g/mol. The van der Waals surface area contributed by atoms with Crippen molar-refractivity contribution in [2.45, 2.75) is 6.54 Å². The maximum atomic E-state index is 11.5. The quantitative estimate of drug-likeness (QED) is 0.722. The standard InChI is InChI=1S/C13H11N3O/c17-13-11-6-7-16(12(11)14-9-15-13)8-10-4-2-1-3-5-10/h1-7,9H,8H2,(H,14,15,17). The van der Waals surface area contributed by atoms with Crippen LogP contribution in [0.15, 0.2) is 53.7 Å². The minimum atomic E-state index is -0.0955. The molecule has 0 aliphatic carbocycles. The van der Waals surface area contributed by atoms with Crippen LogP contribution in [0.2, 0.25) is 0 Å². The molecule has 0 amide bonds. The molecule has 0 spiro atoms. The lowest BCUT2D eigenvalue weighted by atomic mass is 10.2. The fourth-order valence-electron chi connectivity index (χ4n) is 1.92. The number of nitrogens with one attached hydrogen (secondary N) is 1. The molecule has 0 atom stereocenters. The summed E-state index contributed by atoms with van der Waals surface area (Å²) in [6.07, 6.45) is 3.33. The lowest BCUT2D eigenvalue weighted by Crippen LogP contribution is -2.07. The predicted octanol–water partition coefficient (Wildman–Crippen LogP) is 1.77. The first-order valence-electron chi connectivity index (χ1n) is 5.41. The van der Waals surface area contributed by atoms with Crippen molar-refractivity contribution < 1.29 is 0 Å². The van der Waals surface area contributed by atoms with Crippen molar-refractivity contribution in [2.24, 2.45) is 0 Å². The molecule has 0 radical (unpaired) electrons. The smallest absolute Gasteiger partial charge is 0.260 e. The zero-order valence-corrected chi connectivity index (χ0v) is 9.13. The van der Waals surface area contributed by atoms with Gasteiger partial charge in [-0.1, -0.05) is 30.3 Å². The fraction of sp³-hybridized carbons (Fsp3) is 0.0769. The summed E-state index contributed by atoms with van der Waals surface area (Å²) >= 11 is 0. The third kappa shape index (κ3) is 1.73. The fourth-order valence-corrected chi connectivity index (χ4v) is 1.92. The Hall–Kier alpha value is -2.36. The molecule has 2 heterocycles. The molecule has 1 aromatic carbocycles. The Morgan fingerprint density at radius 3 is 2.82 bits per heavy atom. The van der Waals surface area contributed by atoms with E-state index in [1.165, 1.54) is 11.9 Å². The molecule has 3 aromatic rings. The number of fused-ring (bicyclic) bond motifs is 1. The van der Waals surface area contributed by atoms with Crippen LogP contribution in [-0.4, -0.2) is 14.5 Å². The van der Waals surface area contributed by atoms with E-state index < -0.39 is 0 Å². The Bertz CT molecular complexity index is 697. The van der Waals surface area contributed by atoms with Crippen molar-refractivity contribution >= 4 is 11.0 Å². The summed E-state index contributed by atoms with van der Waals surface area (Å²) < 4.78 is 1.97. The molecule has 4 heteroatoms. The van der Waals surface area contributed by atoms with Crippen molar-refractivity contribution in [1.29, 1.82) is 0 Å². The van der Waals surface area contributed by atoms with Crippen LogP contribution < -0.4 is 5.56 Å². The predicted molar refractivity (Wildman–Crippen MR) is 65.9 cm³/mol. The van der Waals surface area contributed by atoms with Gasteiger partial charge >= 0.3 is 0 Å². The third-order valence-corrected chi connectivity index (χ3v) is 2.76. The minimum Gasteiger partial charge on any atom is -0.328 e. The maximum absolute atomic E-state index is 11.5. The van der Waals surface area contributed by atoms with Gasteiger partial charge in [-0.2, -0.15) is 0 Å². The Morgan fingerprint density at radius 1 is 1.18 bits per heavy atom. The minimum absolute atomic E-state index is 0.0955. The molecule has 0 aliphatic rings. The van der Waals surface area contributed by atoms with Crippen molar-refractivity contribution in [3.05, 3.63) is 64.8 Å². The van der Waals surface area contributed by atoms with Crippen LogP contribution >= 0.6 is 0 Å². The van der Waals surface area contributed by atoms with Crippen LogP contribution in [0, 0.1) is 0 Å². The Kier molecular flexibility index (Phi) is 2.26. The number of aromatic amines is 1. The van der Waals surface area contributed by atoms with E-state index in [0.717, 1.165) is 12.2 Å². The molecule has 0 bridgehead atoms. The molecule has 4 nitrogen and oxygen atoms in total. The van der Waals surface area contributed by atoms with E-state index in [9.17, 15) is 4.79 Å². The lowest BCUT2D eigenvalue weighted by molar-refractivity contribution is 0.823. The molecule has 1 N–H and O–H groups in total. The number of nitrogens with zero attached hydrogens (tertiary/aromatic N) is 2. The van der Waals surface area contributed by atoms with E-state index in [4.69, 9.17) is 0 Å². The van der Waals surface area contributed by atoms with Crippen LogP contribution in [0.5, 0.6) is 0 Å². The summed E-state index contributed by atoms with van der Waals surface area (Å²) in [4.78, 5) is 18.3. The molecule has 0 fully saturated rings. The van der Waals surface area contributed by atoms with Crippen LogP contribution in [0.1, 0.15) is 5.56 Å². The summed E-state index contributed by atoms with van der Waals surface area (Å²) in [5, 5.41) is 0.628. The number of hydrogen-bond donors (Lipinski definition) is 1. The molecule has 2 aromatic heterocycles. The average Bonchev–Trinajstić information content (AvgIpc) is 2.76. The molecule has 0 saturated heterocycles. The van der Waals surface area contributed by atoms with E-state index in [-0.39, 0.29) is 5.56 Å². The summed E-state index contributed by atoms with van der Waals surface area (Å²) in [6.45, 7) is 0.723. The van der Waals surface area contributed by atoms with Crippen LogP contribution in [-0.2, 0) is 6.54 Å². The Labute approximate surface area is 97.6 Å². The van der Waals surface area contributed by atoms with E-state index in [1.54, 1.807) is 6.07 Å². The van der Waals surface area contributed by atoms with E-state index in [1.807, 2.05) is 29.0 Å². The highest BCUT2D eigenvalue weighted by Gasteiger charge is 2.05. The molecule has 0 unspecified atom stereocenters. The highest BCUT2D eigenvalue weighted by Crippen LogP contribution is 2.10. The van der Waals surface area contributed by atoms with Gasteiger partial charge in [-0.15, -0.1) is 0 Å². The molecule has 0 saturated carbocycles. The number of H-pyrrole nitrogens is 1. The SMILES string of the molecule is O=c1[nH]cnc2c1ccn2Cc1ccccc1. The van der Waals surface area contributed by atoms with Gasteiger partial charge in [0.1, 0.15) is 5.65 Å². The van der Waals surface area contributed by atoms with Gasteiger partial charge in [0, 0.05) is 12.7 Å². The highest BCUT2D eigenvalue weighted by molar-refractivity contribution is 5.74. The lowest BCUT2D eigenvalue weighted by Gasteiger charge is -2.04. The summed E-state index contributed by atoms with van der Waals surface area (Å²) in [6, 6.07) is 11.9. The molecule has 84 valence electrons. The largest absolute Gasteiger partial charge is 0.328 e. The number of aromatic nitrogens is 3. The van der Waals surface area contributed by atoms with Crippen LogP contribution in [0.4, 0.5) is 0 Å². The normalized spacial score (nSPS) is 10.8. The molecule has 17 heavy (non-hydrogen) atoms. The number of rotatable bonds is 2. The van der Waals surface area contributed by atoms with E-state index in [0.29, 0.717) is 5.39 Å². The Morgan fingerprint density at radius 2 is 2.00 bits per heavy atom. The zero-order valence-electron chi connectivity index (χ0n) is 9.13. The monoisotopic (exact) mass is 225 g/mol. The van der Waals surface area contributed by atoms with Gasteiger partial charge < -0.3 is 9.55 Å². The molecular weight excluding hydrogens is 214 g/mol. The molecule has 3 rings (SSSR count). The molecular formula is C13H11N3O. The van der Waals surface area contributed by atoms with E-state index >= 15 is 0 Å². The van der Waals surface area contributed by atoms with Gasteiger partial charge in [0.05, 0.1) is 11.7 Å². The maximum Gasteiger partial charge on any atom is 0.260 e. The van der Waals surface area contributed by atoms with E-state index in [2.05, 4.69) is 22.1 Å².